The van der Waals surface area contributed by atoms with Crippen LogP contribution in [0, 0.1) is 13.8 Å². The number of hydrogen-bond acceptors (Lipinski definition) is 6. The number of anilines is 1. The van der Waals surface area contributed by atoms with E-state index >= 15 is 0 Å². The van der Waals surface area contributed by atoms with Gasteiger partial charge in [-0.3, -0.25) is 9.78 Å². The zero-order valence-electron chi connectivity index (χ0n) is 19.6. The van der Waals surface area contributed by atoms with Gasteiger partial charge in [0, 0.05) is 17.8 Å². The molecule has 1 aliphatic carbocycles. The summed E-state index contributed by atoms with van der Waals surface area (Å²) in [5.41, 5.74) is 2.11. The summed E-state index contributed by atoms with van der Waals surface area (Å²) in [6.07, 6.45) is 2.08. The van der Waals surface area contributed by atoms with Gasteiger partial charge in [-0.25, -0.2) is 9.67 Å². The Hall–Kier alpha value is -3.47. The molecule has 1 fully saturated rings. The van der Waals surface area contributed by atoms with Crippen LogP contribution in [0.15, 0.2) is 30.7 Å². The van der Waals surface area contributed by atoms with Gasteiger partial charge < -0.3 is 15.2 Å². The summed E-state index contributed by atoms with van der Waals surface area (Å²) in [5, 5.41) is 16.7. The number of aliphatic hydroxyl groups is 1. The fraction of sp³-hybridized carbons (Fsp3) is 0.417. The second-order valence-electron chi connectivity index (χ2n) is 8.69. The first-order valence-corrected chi connectivity index (χ1v) is 11.2. The molecule has 1 saturated carbocycles. The van der Waals surface area contributed by atoms with Gasteiger partial charge in [0.25, 0.3) is 5.91 Å². The minimum absolute atomic E-state index is 0.0384. The number of halogens is 3. The molecule has 2 N–H and O–H groups in total. The van der Waals surface area contributed by atoms with Crippen LogP contribution in [0.5, 0.6) is 5.75 Å². The average molecular weight is 489 g/mol. The highest BCUT2D eigenvalue weighted by Gasteiger charge is 2.32. The van der Waals surface area contributed by atoms with Gasteiger partial charge in [-0.2, -0.15) is 18.3 Å². The topological polar surface area (TPSA) is 102 Å². The van der Waals surface area contributed by atoms with E-state index < -0.39 is 17.6 Å². The molecule has 186 valence electrons. The molecule has 0 unspecified atom stereocenters. The number of aromatic nitrogens is 4. The van der Waals surface area contributed by atoms with Gasteiger partial charge in [0.05, 0.1) is 48.1 Å². The van der Waals surface area contributed by atoms with Crippen LogP contribution >= 0.6 is 0 Å². The van der Waals surface area contributed by atoms with Crippen LogP contribution in [0.25, 0.3) is 5.82 Å². The smallest absolute Gasteiger partial charge is 0.418 e. The maximum absolute atomic E-state index is 13.0. The van der Waals surface area contributed by atoms with Crippen molar-refractivity contribution in [2.45, 2.75) is 57.7 Å². The number of rotatable bonds is 5. The Morgan fingerprint density at radius 2 is 1.83 bits per heavy atom. The lowest BCUT2D eigenvalue weighted by Crippen LogP contribution is -2.19. The molecule has 1 aliphatic rings. The normalized spacial score (nSPS) is 18.4. The van der Waals surface area contributed by atoms with Crippen molar-refractivity contribution in [1.29, 1.82) is 0 Å². The van der Waals surface area contributed by atoms with Crippen LogP contribution in [0.3, 0.4) is 0 Å². The highest BCUT2D eigenvalue weighted by molar-refractivity contribution is 6.04. The molecule has 0 bridgehead atoms. The number of aliphatic hydroxyl groups excluding tert-OH is 1. The van der Waals surface area contributed by atoms with E-state index in [9.17, 15) is 23.1 Å². The van der Waals surface area contributed by atoms with Crippen molar-refractivity contribution in [3.63, 3.8) is 0 Å². The van der Waals surface area contributed by atoms with Gasteiger partial charge in [-0.1, -0.05) is 0 Å². The molecule has 0 aromatic carbocycles. The zero-order valence-corrected chi connectivity index (χ0v) is 19.6. The lowest BCUT2D eigenvalue weighted by Gasteiger charge is -2.26. The summed E-state index contributed by atoms with van der Waals surface area (Å²) in [6, 6.07) is 2.69. The third-order valence-electron chi connectivity index (χ3n) is 6.30. The number of carbonyl (C=O) groups is 1. The summed E-state index contributed by atoms with van der Waals surface area (Å²) in [4.78, 5) is 21.4. The predicted octanol–water partition coefficient (Wildman–Crippen LogP) is 4.58. The third-order valence-corrected chi connectivity index (χ3v) is 6.30. The molecule has 4 rings (SSSR count). The standard InChI is InChI=1S/C24H26F3N5O3/c1-13-8-17(11-28-21(13)15-4-6-18(33)7-5-15)31-23(34)19-12-30-32(14(19)2)22-20(35-3)9-16(10-29-22)24(25,26)27/h8-12,15,18,33H,4-7H2,1-3H3,(H,31,34)/t15-,18-. The summed E-state index contributed by atoms with van der Waals surface area (Å²) in [5.74, 6) is -0.232. The van der Waals surface area contributed by atoms with Crippen LogP contribution in [0.2, 0.25) is 0 Å². The van der Waals surface area contributed by atoms with Crippen molar-refractivity contribution in [2.75, 3.05) is 12.4 Å². The van der Waals surface area contributed by atoms with E-state index in [1.807, 2.05) is 13.0 Å². The summed E-state index contributed by atoms with van der Waals surface area (Å²) < 4.78 is 45.4. The minimum Gasteiger partial charge on any atom is -0.493 e. The monoisotopic (exact) mass is 489 g/mol. The number of methoxy groups -OCH3 is 1. The molecule has 3 aromatic rings. The lowest BCUT2D eigenvalue weighted by molar-refractivity contribution is -0.137. The van der Waals surface area contributed by atoms with Gasteiger partial charge in [0.1, 0.15) is 0 Å². The molecule has 0 atom stereocenters. The Balaban J connectivity index is 1.53. The van der Waals surface area contributed by atoms with Crippen molar-refractivity contribution in [3.05, 3.63) is 58.8 Å². The van der Waals surface area contributed by atoms with Crippen molar-refractivity contribution < 1.29 is 27.8 Å². The number of aryl methyl sites for hydroxylation is 1. The number of ether oxygens (including phenoxy) is 1. The molecule has 0 spiro atoms. The SMILES string of the molecule is COc1cc(C(F)(F)F)cnc1-n1ncc(C(=O)Nc2cnc([C@H]3CC[C@H](O)CC3)c(C)c2)c1C. The molecule has 8 nitrogen and oxygen atoms in total. The number of hydrogen-bond donors (Lipinski definition) is 2. The molecule has 11 heteroatoms. The second-order valence-corrected chi connectivity index (χ2v) is 8.69. The molecule has 3 aromatic heterocycles. The molecule has 0 aliphatic heterocycles. The van der Waals surface area contributed by atoms with Crippen molar-refractivity contribution >= 4 is 11.6 Å². The second kappa shape index (κ2) is 9.65. The van der Waals surface area contributed by atoms with Gasteiger partial charge >= 0.3 is 6.18 Å². The molecule has 0 radical (unpaired) electrons. The molecule has 3 heterocycles. The quantitative estimate of drug-likeness (QED) is 0.544. The largest absolute Gasteiger partial charge is 0.493 e. The zero-order chi connectivity index (χ0) is 25.3. The first kappa shape index (κ1) is 24.6. The number of pyridine rings is 2. The van der Waals surface area contributed by atoms with E-state index in [2.05, 4.69) is 20.4 Å². The van der Waals surface area contributed by atoms with E-state index in [1.165, 1.54) is 18.0 Å². The van der Waals surface area contributed by atoms with Crippen molar-refractivity contribution in [1.82, 2.24) is 19.7 Å². The number of alkyl halides is 3. The fourth-order valence-corrected chi connectivity index (χ4v) is 4.38. The maximum atomic E-state index is 13.0. The van der Waals surface area contributed by atoms with Crippen LogP contribution in [0.4, 0.5) is 18.9 Å². The summed E-state index contributed by atoms with van der Waals surface area (Å²) >= 11 is 0. The Morgan fingerprint density at radius 3 is 2.46 bits per heavy atom. The number of nitrogens with one attached hydrogen (secondary N) is 1. The average Bonchev–Trinajstić information content (AvgIpc) is 3.20. The highest BCUT2D eigenvalue weighted by atomic mass is 19.4. The van der Waals surface area contributed by atoms with Crippen LogP contribution < -0.4 is 10.1 Å². The first-order chi connectivity index (χ1) is 16.6. The van der Waals surface area contributed by atoms with Gasteiger partial charge in [-0.15, -0.1) is 0 Å². The molecular weight excluding hydrogens is 463 g/mol. The number of carbonyl (C=O) groups excluding carboxylic acids is 1. The third kappa shape index (κ3) is 5.14. The minimum atomic E-state index is -4.57. The van der Waals surface area contributed by atoms with E-state index in [4.69, 9.17) is 4.74 Å². The Labute approximate surface area is 200 Å². The molecule has 35 heavy (non-hydrogen) atoms. The highest BCUT2D eigenvalue weighted by Crippen LogP contribution is 2.35. The van der Waals surface area contributed by atoms with Gasteiger partial charge in [0.15, 0.2) is 11.6 Å². The van der Waals surface area contributed by atoms with E-state index in [0.29, 0.717) is 17.6 Å². The van der Waals surface area contributed by atoms with Gasteiger partial charge in [-0.05, 0) is 57.2 Å². The Bertz CT molecular complexity index is 1230. The maximum Gasteiger partial charge on any atom is 0.418 e. The summed E-state index contributed by atoms with van der Waals surface area (Å²) in [6.45, 7) is 3.56. The van der Waals surface area contributed by atoms with Crippen LogP contribution in [-0.4, -0.2) is 44.0 Å². The van der Waals surface area contributed by atoms with Crippen molar-refractivity contribution in [2.24, 2.45) is 0 Å². The fourth-order valence-electron chi connectivity index (χ4n) is 4.38. The molecule has 1 amide bonds. The summed E-state index contributed by atoms with van der Waals surface area (Å²) in [7, 11) is 1.24. The molecule has 0 saturated heterocycles. The van der Waals surface area contributed by atoms with E-state index in [-0.39, 0.29) is 29.2 Å². The van der Waals surface area contributed by atoms with Crippen LogP contribution in [0.1, 0.15) is 64.5 Å². The Kier molecular flexibility index (Phi) is 6.79. The number of nitrogens with zero attached hydrogens (tertiary/aromatic N) is 4. The first-order valence-electron chi connectivity index (χ1n) is 11.2. The lowest BCUT2D eigenvalue weighted by atomic mass is 9.84. The van der Waals surface area contributed by atoms with E-state index in [1.54, 1.807) is 13.1 Å². The number of amides is 1. The van der Waals surface area contributed by atoms with Gasteiger partial charge in [0.2, 0.25) is 0 Å². The Morgan fingerprint density at radius 1 is 1.11 bits per heavy atom. The van der Waals surface area contributed by atoms with Crippen LogP contribution in [-0.2, 0) is 6.18 Å². The van der Waals surface area contributed by atoms with Crippen molar-refractivity contribution in [3.8, 4) is 11.6 Å². The van der Waals surface area contributed by atoms with E-state index in [0.717, 1.165) is 43.0 Å². The predicted molar refractivity (Wildman–Crippen MR) is 122 cm³/mol. The molecular formula is C24H26F3N5O3.